The van der Waals surface area contributed by atoms with Gasteiger partial charge in [0.15, 0.2) is 0 Å². The standard InChI is InChI=1S/C22H29N5OS/c28-21(19-3-1-11-27(17-19)22-23-9-2-10-24-22)25-20-6-4-18(5-7-20)8-12-26-13-15-29-16-14-26/h2,4-7,9-10,19H,1,3,8,11-17H2,(H,25,28). The minimum absolute atomic E-state index is 0.0378. The summed E-state index contributed by atoms with van der Waals surface area (Å²) in [6.45, 7) is 5.09. The number of hydrogen-bond donors (Lipinski definition) is 1. The third-order valence-corrected chi connectivity index (χ3v) is 6.61. The van der Waals surface area contributed by atoms with Gasteiger partial charge in [-0.25, -0.2) is 9.97 Å². The maximum absolute atomic E-state index is 12.8. The van der Waals surface area contributed by atoms with Crippen molar-refractivity contribution in [2.24, 2.45) is 5.92 Å². The zero-order valence-electron chi connectivity index (χ0n) is 16.8. The molecule has 6 nitrogen and oxygen atoms in total. The fourth-order valence-electron chi connectivity index (χ4n) is 3.94. The van der Waals surface area contributed by atoms with E-state index in [1.807, 2.05) is 30.0 Å². The van der Waals surface area contributed by atoms with Crippen LogP contribution in [0.25, 0.3) is 0 Å². The highest BCUT2D eigenvalue weighted by atomic mass is 32.2. The number of aromatic nitrogens is 2. The number of rotatable bonds is 6. The first-order valence-corrected chi connectivity index (χ1v) is 11.7. The molecule has 2 aliphatic rings. The van der Waals surface area contributed by atoms with Gasteiger partial charge in [-0.2, -0.15) is 11.8 Å². The van der Waals surface area contributed by atoms with Crippen LogP contribution in [-0.4, -0.2) is 65.0 Å². The van der Waals surface area contributed by atoms with Gasteiger partial charge >= 0.3 is 0 Å². The first-order valence-electron chi connectivity index (χ1n) is 10.5. The molecule has 29 heavy (non-hydrogen) atoms. The predicted octanol–water partition coefficient (Wildman–Crippen LogP) is 2.92. The molecule has 1 unspecified atom stereocenters. The summed E-state index contributed by atoms with van der Waals surface area (Å²) in [5.41, 5.74) is 2.20. The first-order chi connectivity index (χ1) is 14.3. The van der Waals surface area contributed by atoms with Crippen LogP contribution in [0.15, 0.2) is 42.7 Å². The predicted molar refractivity (Wildman–Crippen MR) is 120 cm³/mol. The maximum Gasteiger partial charge on any atom is 0.229 e. The second-order valence-electron chi connectivity index (χ2n) is 7.72. The lowest BCUT2D eigenvalue weighted by Crippen LogP contribution is -2.41. The molecule has 1 N–H and O–H groups in total. The van der Waals surface area contributed by atoms with Crippen LogP contribution in [0, 0.1) is 5.92 Å². The van der Waals surface area contributed by atoms with Crippen molar-refractivity contribution in [1.82, 2.24) is 14.9 Å². The lowest BCUT2D eigenvalue weighted by atomic mass is 9.97. The van der Waals surface area contributed by atoms with E-state index in [4.69, 9.17) is 0 Å². The van der Waals surface area contributed by atoms with E-state index in [2.05, 4.69) is 37.2 Å². The Balaban J connectivity index is 1.27. The monoisotopic (exact) mass is 411 g/mol. The van der Waals surface area contributed by atoms with Gasteiger partial charge in [-0.1, -0.05) is 12.1 Å². The average molecular weight is 412 g/mol. The number of nitrogens with zero attached hydrogens (tertiary/aromatic N) is 4. The zero-order valence-corrected chi connectivity index (χ0v) is 17.6. The number of carbonyl (C=O) groups is 1. The van der Waals surface area contributed by atoms with E-state index in [0.29, 0.717) is 12.5 Å². The van der Waals surface area contributed by atoms with Gasteiger partial charge in [0, 0.05) is 62.3 Å². The molecule has 2 saturated heterocycles. The number of anilines is 2. The van der Waals surface area contributed by atoms with Gasteiger partial charge in [0.25, 0.3) is 0 Å². The summed E-state index contributed by atoms with van der Waals surface area (Å²) < 4.78 is 0. The Morgan fingerprint density at radius 2 is 1.86 bits per heavy atom. The molecule has 3 heterocycles. The molecule has 1 aromatic heterocycles. The molecule has 1 atom stereocenters. The van der Waals surface area contributed by atoms with Gasteiger partial charge < -0.3 is 15.1 Å². The van der Waals surface area contributed by atoms with Crippen LogP contribution in [0.4, 0.5) is 11.6 Å². The number of carbonyl (C=O) groups excluding carboxylic acids is 1. The maximum atomic E-state index is 12.8. The summed E-state index contributed by atoms with van der Waals surface area (Å²) in [7, 11) is 0. The van der Waals surface area contributed by atoms with Crippen molar-refractivity contribution in [3.63, 3.8) is 0 Å². The molecule has 1 amide bonds. The number of benzene rings is 1. The number of thioether (sulfide) groups is 1. The van der Waals surface area contributed by atoms with Crippen LogP contribution in [0.2, 0.25) is 0 Å². The van der Waals surface area contributed by atoms with E-state index < -0.39 is 0 Å². The van der Waals surface area contributed by atoms with E-state index in [1.165, 1.54) is 30.2 Å². The van der Waals surface area contributed by atoms with Gasteiger partial charge in [0.1, 0.15) is 0 Å². The molecule has 7 heteroatoms. The molecule has 154 valence electrons. The number of hydrogen-bond acceptors (Lipinski definition) is 6. The third-order valence-electron chi connectivity index (χ3n) is 5.67. The quantitative estimate of drug-likeness (QED) is 0.789. The number of nitrogens with one attached hydrogen (secondary N) is 1. The van der Waals surface area contributed by atoms with Crippen molar-refractivity contribution < 1.29 is 4.79 Å². The zero-order chi connectivity index (χ0) is 19.9. The van der Waals surface area contributed by atoms with Crippen LogP contribution in [0.3, 0.4) is 0 Å². The summed E-state index contributed by atoms with van der Waals surface area (Å²) in [6, 6.07) is 10.1. The van der Waals surface area contributed by atoms with Gasteiger partial charge in [0.05, 0.1) is 5.92 Å². The minimum atomic E-state index is -0.0378. The molecular formula is C22H29N5OS. The Labute approximate surface area is 177 Å². The van der Waals surface area contributed by atoms with Gasteiger partial charge in [-0.3, -0.25) is 4.79 Å². The van der Waals surface area contributed by atoms with Crippen molar-refractivity contribution in [2.75, 3.05) is 54.4 Å². The first kappa shape index (κ1) is 20.2. The van der Waals surface area contributed by atoms with E-state index in [0.717, 1.165) is 38.0 Å². The molecule has 0 saturated carbocycles. The lowest BCUT2D eigenvalue weighted by molar-refractivity contribution is -0.120. The van der Waals surface area contributed by atoms with Crippen LogP contribution >= 0.6 is 11.8 Å². The highest BCUT2D eigenvalue weighted by Crippen LogP contribution is 2.22. The average Bonchev–Trinajstić information content (AvgIpc) is 2.80. The van der Waals surface area contributed by atoms with E-state index in [1.54, 1.807) is 12.4 Å². The van der Waals surface area contributed by atoms with Crippen LogP contribution in [-0.2, 0) is 11.2 Å². The molecule has 2 fully saturated rings. The van der Waals surface area contributed by atoms with Crippen LogP contribution < -0.4 is 10.2 Å². The lowest BCUT2D eigenvalue weighted by Gasteiger charge is -2.31. The van der Waals surface area contributed by atoms with Gasteiger partial charge in [-0.05, 0) is 43.0 Å². The Morgan fingerprint density at radius 3 is 2.62 bits per heavy atom. The van der Waals surface area contributed by atoms with Crippen molar-refractivity contribution in [3.05, 3.63) is 48.3 Å². The van der Waals surface area contributed by atoms with Gasteiger partial charge in [-0.15, -0.1) is 0 Å². The molecule has 0 spiro atoms. The molecule has 2 aliphatic heterocycles. The van der Waals surface area contributed by atoms with Crippen molar-refractivity contribution in [3.8, 4) is 0 Å². The largest absolute Gasteiger partial charge is 0.340 e. The number of amides is 1. The molecule has 0 radical (unpaired) electrons. The summed E-state index contributed by atoms with van der Waals surface area (Å²) in [4.78, 5) is 26.1. The summed E-state index contributed by atoms with van der Waals surface area (Å²) in [5.74, 6) is 3.26. The second-order valence-corrected chi connectivity index (χ2v) is 8.95. The van der Waals surface area contributed by atoms with Crippen molar-refractivity contribution in [2.45, 2.75) is 19.3 Å². The molecule has 0 aliphatic carbocycles. The summed E-state index contributed by atoms with van der Waals surface area (Å²) in [6.07, 6.45) is 6.44. The normalized spacial score (nSPS) is 20.4. The van der Waals surface area contributed by atoms with E-state index in [-0.39, 0.29) is 11.8 Å². The Bertz CT molecular complexity index is 780. The highest BCUT2D eigenvalue weighted by Gasteiger charge is 2.27. The smallest absolute Gasteiger partial charge is 0.229 e. The molecule has 2 aromatic rings. The Morgan fingerprint density at radius 1 is 1.10 bits per heavy atom. The molecule has 0 bridgehead atoms. The van der Waals surface area contributed by atoms with Gasteiger partial charge in [0.2, 0.25) is 11.9 Å². The Kier molecular flexibility index (Phi) is 7.00. The minimum Gasteiger partial charge on any atom is -0.340 e. The molecule has 1 aromatic carbocycles. The van der Waals surface area contributed by atoms with Crippen LogP contribution in [0.1, 0.15) is 18.4 Å². The van der Waals surface area contributed by atoms with Crippen molar-refractivity contribution in [1.29, 1.82) is 0 Å². The summed E-state index contributed by atoms with van der Waals surface area (Å²) >= 11 is 2.05. The SMILES string of the molecule is O=C(Nc1ccc(CCN2CCSCC2)cc1)C1CCCN(c2ncccn2)C1. The topological polar surface area (TPSA) is 61.4 Å². The van der Waals surface area contributed by atoms with Crippen molar-refractivity contribution >= 4 is 29.3 Å². The van der Waals surface area contributed by atoms with Crippen LogP contribution in [0.5, 0.6) is 0 Å². The van der Waals surface area contributed by atoms with E-state index in [9.17, 15) is 4.79 Å². The molecule has 4 rings (SSSR count). The Hall–Kier alpha value is -2.12. The fourth-order valence-corrected chi connectivity index (χ4v) is 4.92. The second kappa shape index (κ2) is 10.1. The third kappa shape index (κ3) is 5.70. The highest BCUT2D eigenvalue weighted by molar-refractivity contribution is 7.99. The molecular weight excluding hydrogens is 382 g/mol. The fraction of sp³-hybridized carbons (Fsp3) is 0.500. The summed E-state index contributed by atoms with van der Waals surface area (Å²) in [5, 5.41) is 3.10. The van der Waals surface area contributed by atoms with E-state index >= 15 is 0 Å². The number of piperidine rings is 1.